The lowest BCUT2D eigenvalue weighted by atomic mass is 10.0. The molecule has 0 saturated carbocycles. The van der Waals surface area contributed by atoms with E-state index in [1.807, 2.05) is 44.2 Å². The molecule has 0 radical (unpaired) electrons. The Morgan fingerprint density at radius 1 is 1.20 bits per heavy atom. The number of allylic oxidation sites excluding steroid dienone is 1. The van der Waals surface area contributed by atoms with Gasteiger partial charge >= 0.3 is 0 Å². The molecule has 0 bridgehead atoms. The average molecular weight is 274 g/mol. The highest BCUT2D eigenvalue weighted by Crippen LogP contribution is 2.17. The Morgan fingerprint density at radius 2 is 1.80 bits per heavy atom. The molecule has 1 aromatic rings. The summed E-state index contributed by atoms with van der Waals surface area (Å²) in [6, 6.07) is 9.22. The van der Waals surface area contributed by atoms with Gasteiger partial charge in [-0.25, -0.2) is 0 Å². The molecule has 108 valence electrons. The van der Waals surface area contributed by atoms with Crippen molar-refractivity contribution < 1.29 is 9.59 Å². The first-order valence-electron chi connectivity index (χ1n) is 6.60. The van der Waals surface area contributed by atoms with Gasteiger partial charge < -0.3 is 10.2 Å². The Morgan fingerprint density at radius 3 is 2.30 bits per heavy atom. The van der Waals surface area contributed by atoms with Crippen LogP contribution in [0.5, 0.6) is 0 Å². The van der Waals surface area contributed by atoms with Crippen LogP contribution in [-0.2, 0) is 9.59 Å². The summed E-state index contributed by atoms with van der Waals surface area (Å²) in [6.45, 7) is 3.73. The molecule has 0 aliphatic rings. The van der Waals surface area contributed by atoms with Crippen LogP contribution in [0.25, 0.3) is 0 Å². The van der Waals surface area contributed by atoms with Crippen LogP contribution in [0.3, 0.4) is 0 Å². The number of benzene rings is 1. The molecule has 4 heteroatoms. The van der Waals surface area contributed by atoms with Crippen LogP contribution in [0.15, 0.2) is 42.0 Å². The summed E-state index contributed by atoms with van der Waals surface area (Å²) in [4.78, 5) is 25.3. The predicted octanol–water partition coefficient (Wildman–Crippen LogP) is 2.29. The predicted molar refractivity (Wildman–Crippen MR) is 80.1 cm³/mol. The molecule has 0 saturated heterocycles. The minimum atomic E-state index is -0.311. The van der Waals surface area contributed by atoms with E-state index in [2.05, 4.69) is 5.32 Å². The second kappa shape index (κ2) is 7.48. The molecule has 0 fully saturated rings. The fourth-order valence-electron chi connectivity index (χ4n) is 1.77. The third-order valence-corrected chi connectivity index (χ3v) is 2.82. The summed E-state index contributed by atoms with van der Waals surface area (Å²) < 4.78 is 0. The monoisotopic (exact) mass is 274 g/mol. The summed E-state index contributed by atoms with van der Waals surface area (Å²) in [7, 11) is 3.42. The van der Waals surface area contributed by atoms with Crippen molar-refractivity contribution >= 4 is 11.8 Å². The van der Waals surface area contributed by atoms with E-state index in [-0.39, 0.29) is 24.3 Å². The Labute approximate surface area is 120 Å². The van der Waals surface area contributed by atoms with Gasteiger partial charge in [0.25, 0.3) is 0 Å². The van der Waals surface area contributed by atoms with Crippen LogP contribution < -0.4 is 5.32 Å². The molecule has 0 aliphatic carbocycles. The number of carbonyl (C=O) groups excluding carboxylic acids is 2. The Balaban J connectivity index is 2.88. The third-order valence-electron chi connectivity index (χ3n) is 2.82. The van der Waals surface area contributed by atoms with E-state index >= 15 is 0 Å². The second-order valence-corrected chi connectivity index (χ2v) is 5.19. The van der Waals surface area contributed by atoms with Crippen molar-refractivity contribution in [2.24, 2.45) is 0 Å². The zero-order valence-electron chi connectivity index (χ0n) is 12.5. The number of nitrogens with zero attached hydrogens (tertiary/aromatic N) is 1. The fourth-order valence-corrected chi connectivity index (χ4v) is 1.77. The molecule has 0 aliphatic heterocycles. The van der Waals surface area contributed by atoms with Crippen molar-refractivity contribution in [3.05, 3.63) is 47.5 Å². The van der Waals surface area contributed by atoms with Gasteiger partial charge in [0.1, 0.15) is 0 Å². The highest BCUT2D eigenvalue weighted by Gasteiger charge is 2.18. The lowest BCUT2D eigenvalue weighted by molar-refractivity contribution is -0.129. The Kier molecular flexibility index (Phi) is 5.97. The summed E-state index contributed by atoms with van der Waals surface area (Å²) in [5, 5.41) is 2.89. The maximum Gasteiger partial charge on any atom is 0.244 e. The molecule has 20 heavy (non-hydrogen) atoms. The third kappa shape index (κ3) is 5.26. The molecule has 1 N–H and O–H groups in total. The zero-order valence-corrected chi connectivity index (χ0v) is 12.5. The summed E-state index contributed by atoms with van der Waals surface area (Å²) in [5.41, 5.74) is 1.85. The van der Waals surface area contributed by atoms with E-state index < -0.39 is 0 Å². The van der Waals surface area contributed by atoms with Crippen LogP contribution >= 0.6 is 0 Å². The van der Waals surface area contributed by atoms with Gasteiger partial charge in [0.05, 0.1) is 12.5 Å². The van der Waals surface area contributed by atoms with Crippen molar-refractivity contribution in [1.29, 1.82) is 0 Å². The maximum atomic E-state index is 11.9. The van der Waals surface area contributed by atoms with Crippen LogP contribution in [0.4, 0.5) is 0 Å². The molecule has 1 atom stereocenters. The number of carbonyl (C=O) groups is 2. The van der Waals surface area contributed by atoms with E-state index in [0.717, 1.165) is 11.1 Å². The zero-order chi connectivity index (χ0) is 15.1. The summed E-state index contributed by atoms with van der Waals surface area (Å²) in [5.74, 6) is -0.193. The number of hydrogen-bond donors (Lipinski definition) is 1. The largest absolute Gasteiger partial charge is 0.349 e. The van der Waals surface area contributed by atoms with Crippen LogP contribution in [0, 0.1) is 0 Å². The smallest absolute Gasteiger partial charge is 0.244 e. The van der Waals surface area contributed by atoms with E-state index in [4.69, 9.17) is 0 Å². The molecule has 4 nitrogen and oxygen atoms in total. The molecule has 0 heterocycles. The van der Waals surface area contributed by atoms with Crippen molar-refractivity contribution in [3.63, 3.8) is 0 Å². The molecule has 2 amide bonds. The minimum absolute atomic E-state index is 0.0173. The summed E-state index contributed by atoms with van der Waals surface area (Å²) >= 11 is 0. The highest BCUT2D eigenvalue weighted by molar-refractivity contribution is 5.89. The molecule has 0 unspecified atom stereocenters. The number of nitrogens with one attached hydrogen (secondary N) is 1. The van der Waals surface area contributed by atoms with Gasteiger partial charge in [-0.15, -0.1) is 0 Å². The van der Waals surface area contributed by atoms with Crippen molar-refractivity contribution in [1.82, 2.24) is 10.2 Å². The first-order valence-corrected chi connectivity index (χ1v) is 6.60. The standard InChI is InChI=1S/C16H22N2O2/c1-12(2)10-15(19)17-14(11-16(20)18(3)4)13-8-6-5-7-9-13/h5-10,14H,11H2,1-4H3,(H,17,19)/t14-/m0/s1. The normalized spacial score (nSPS) is 11.4. The quantitative estimate of drug-likeness (QED) is 0.837. The molecule has 1 aromatic carbocycles. The molecular formula is C16H22N2O2. The second-order valence-electron chi connectivity index (χ2n) is 5.19. The van der Waals surface area contributed by atoms with Gasteiger partial charge in [-0.05, 0) is 19.4 Å². The lowest BCUT2D eigenvalue weighted by Crippen LogP contribution is -2.32. The lowest BCUT2D eigenvalue weighted by Gasteiger charge is -2.20. The topological polar surface area (TPSA) is 49.4 Å². The first kappa shape index (κ1) is 16.0. The SMILES string of the molecule is CC(C)=CC(=O)N[C@@H](CC(=O)N(C)C)c1ccccc1. The van der Waals surface area contributed by atoms with Crippen LogP contribution in [0.2, 0.25) is 0 Å². The first-order chi connectivity index (χ1) is 9.40. The van der Waals surface area contributed by atoms with Crippen molar-refractivity contribution in [2.45, 2.75) is 26.3 Å². The van der Waals surface area contributed by atoms with Gasteiger partial charge in [-0.1, -0.05) is 35.9 Å². The minimum Gasteiger partial charge on any atom is -0.349 e. The maximum absolute atomic E-state index is 11.9. The van der Waals surface area contributed by atoms with E-state index in [0.29, 0.717) is 0 Å². The van der Waals surface area contributed by atoms with Gasteiger partial charge in [-0.2, -0.15) is 0 Å². The van der Waals surface area contributed by atoms with Crippen molar-refractivity contribution in [3.8, 4) is 0 Å². The molecule has 0 spiro atoms. The number of hydrogen-bond acceptors (Lipinski definition) is 2. The Bertz CT molecular complexity index is 488. The van der Waals surface area contributed by atoms with Gasteiger partial charge in [-0.3, -0.25) is 9.59 Å². The Hall–Kier alpha value is -2.10. The van der Waals surface area contributed by atoms with E-state index in [9.17, 15) is 9.59 Å². The van der Waals surface area contributed by atoms with Crippen LogP contribution in [0.1, 0.15) is 31.9 Å². The number of amides is 2. The number of rotatable bonds is 5. The van der Waals surface area contributed by atoms with E-state index in [1.54, 1.807) is 14.1 Å². The van der Waals surface area contributed by atoms with E-state index in [1.165, 1.54) is 11.0 Å². The summed E-state index contributed by atoms with van der Waals surface area (Å²) in [6.07, 6.45) is 1.79. The van der Waals surface area contributed by atoms with Gasteiger partial charge in [0.2, 0.25) is 11.8 Å². The average Bonchev–Trinajstić information content (AvgIpc) is 2.37. The van der Waals surface area contributed by atoms with Crippen molar-refractivity contribution in [2.75, 3.05) is 14.1 Å². The van der Waals surface area contributed by atoms with Gasteiger partial charge in [0.15, 0.2) is 0 Å². The van der Waals surface area contributed by atoms with Gasteiger partial charge in [0, 0.05) is 20.2 Å². The fraction of sp³-hybridized carbons (Fsp3) is 0.375. The molecular weight excluding hydrogens is 252 g/mol. The van der Waals surface area contributed by atoms with Crippen LogP contribution in [-0.4, -0.2) is 30.8 Å². The molecule has 0 aromatic heterocycles. The molecule has 1 rings (SSSR count). The highest BCUT2D eigenvalue weighted by atomic mass is 16.2.